The first-order valence-corrected chi connectivity index (χ1v) is 7.81. The molecule has 0 spiro atoms. The van der Waals surface area contributed by atoms with Gasteiger partial charge in [0.05, 0.1) is 28.9 Å². The van der Waals surface area contributed by atoms with E-state index in [4.69, 9.17) is 10.6 Å². The van der Waals surface area contributed by atoms with Crippen molar-refractivity contribution in [3.8, 4) is 5.75 Å². The van der Waals surface area contributed by atoms with Gasteiger partial charge in [0.2, 0.25) is 0 Å². The molecule has 2 aromatic rings. The van der Waals surface area contributed by atoms with Gasteiger partial charge in [-0.1, -0.05) is 17.8 Å². The number of nitrogens with one attached hydrogen (secondary N) is 1. The van der Waals surface area contributed by atoms with Gasteiger partial charge in [0, 0.05) is 6.20 Å². The van der Waals surface area contributed by atoms with Crippen LogP contribution < -0.4 is 16.0 Å². The second-order valence-electron chi connectivity index (χ2n) is 5.05. The third kappa shape index (κ3) is 3.96. The van der Waals surface area contributed by atoms with Crippen LogP contribution in [0, 0.1) is 0 Å². The van der Waals surface area contributed by atoms with Crippen LogP contribution in [0.1, 0.15) is 49.4 Å². The van der Waals surface area contributed by atoms with Gasteiger partial charge in [-0.3, -0.25) is 10.8 Å². The Morgan fingerprint density at radius 2 is 2.19 bits per heavy atom. The minimum atomic E-state index is -0.172. The Bertz CT molecular complexity index is 572. The van der Waals surface area contributed by atoms with Gasteiger partial charge in [-0.15, -0.1) is 5.10 Å². The Morgan fingerprint density at radius 3 is 2.86 bits per heavy atom. The van der Waals surface area contributed by atoms with Crippen molar-refractivity contribution in [3.63, 3.8) is 0 Å². The summed E-state index contributed by atoms with van der Waals surface area (Å²) in [5.74, 6) is 6.48. The standard InChI is InChI=1S/C14H21N5OS/c1-4-5-12-14(21-19-18-12)13(17-15)10-6-11(8-16-7-10)20-9(2)3/h6-9,13,17H,4-5,15H2,1-3H3. The van der Waals surface area contributed by atoms with E-state index in [1.807, 2.05) is 19.9 Å². The number of hydrogen-bond acceptors (Lipinski definition) is 7. The molecule has 2 aromatic heterocycles. The zero-order valence-electron chi connectivity index (χ0n) is 12.5. The van der Waals surface area contributed by atoms with Crippen molar-refractivity contribution < 1.29 is 4.74 Å². The van der Waals surface area contributed by atoms with Gasteiger partial charge in [-0.25, -0.2) is 5.43 Å². The van der Waals surface area contributed by atoms with Crippen molar-refractivity contribution in [3.05, 3.63) is 34.6 Å². The van der Waals surface area contributed by atoms with Crippen molar-refractivity contribution in [2.75, 3.05) is 0 Å². The van der Waals surface area contributed by atoms with E-state index >= 15 is 0 Å². The van der Waals surface area contributed by atoms with E-state index in [0.717, 1.165) is 34.7 Å². The topological polar surface area (TPSA) is 86.0 Å². The maximum absolute atomic E-state index is 5.74. The van der Waals surface area contributed by atoms with E-state index in [1.54, 1.807) is 12.4 Å². The molecule has 0 fully saturated rings. The van der Waals surface area contributed by atoms with E-state index in [1.165, 1.54) is 11.5 Å². The molecule has 0 saturated carbocycles. The molecule has 6 nitrogen and oxygen atoms in total. The highest BCUT2D eigenvalue weighted by Gasteiger charge is 2.20. The smallest absolute Gasteiger partial charge is 0.138 e. The summed E-state index contributed by atoms with van der Waals surface area (Å²) in [6.07, 6.45) is 5.50. The lowest BCUT2D eigenvalue weighted by molar-refractivity contribution is 0.241. The maximum Gasteiger partial charge on any atom is 0.138 e. The van der Waals surface area contributed by atoms with Crippen LogP contribution in [-0.4, -0.2) is 20.7 Å². The van der Waals surface area contributed by atoms with Gasteiger partial charge >= 0.3 is 0 Å². The van der Waals surface area contributed by atoms with Crippen molar-refractivity contribution in [2.24, 2.45) is 5.84 Å². The number of aromatic nitrogens is 3. The van der Waals surface area contributed by atoms with Crippen LogP contribution in [0.5, 0.6) is 5.75 Å². The molecule has 0 amide bonds. The Balaban J connectivity index is 2.30. The van der Waals surface area contributed by atoms with E-state index in [2.05, 4.69) is 26.9 Å². The highest BCUT2D eigenvalue weighted by molar-refractivity contribution is 7.05. The first kappa shape index (κ1) is 15.8. The summed E-state index contributed by atoms with van der Waals surface area (Å²) in [4.78, 5) is 5.27. The summed E-state index contributed by atoms with van der Waals surface area (Å²) in [7, 11) is 0. The quantitative estimate of drug-likeness (QED) is 0.602. The van der Waals surface area contributed by atoms with Gasteiger partial charge in [0.25, 0.3) is 0 Å². The first-order chi connectivity index (χ1) is 10.2. The summed E-state index contributed by atoms with van der Waals surface area (Å²) in [6, 6.07) is 1.78. The summed E-state index contributed by atoms with van der Waals surface area (Å²) >= 11 is 1.36. The molecule has 21 heavy (non-hydrogen) atoms. The van der Waals surface area contributed by atoms with Crippen molar-refractivity contribution in [2.45, 2.75) is 45.8 Å². The molecule has 114 valence electrons. The molecule has 2 heterocycles. The second kappa shape index (κ2) is 7.44. The van der Waals surface area contributed by atoms with Crippen LogP contribution in [-0.2, 0) is 6.42 Å². The van der Waals surface area contributed by atoms with Crippen LogP contribution >= 0.6 is 11.5 Å². The van der Waals surface area contributed by atoms with Crippen LogP contribution in [0.3, 0.4) is 0 Å². The second-order valence-corrected chi connectivity index (χ2v) is 5.84. The van der Waals surface area contributed by atoms with Crippen LogP contribution in [0.2, 0.25) is 0 Å². The SMILES string of the molecule is CCCc1nnsc1C(NN)c1cncc(OC(C)C)c1. The monoisotopic (exact) mass is 307 g/mol. The molecule has 7 heteroatoms. The Morgan fingerprint density at radius 1 is 1.38 bits per heavy atom. The average molecular weight is 307 g/mol. The largest absolute Gasteiger partial charge is 0.489 e. The predicted octanol–water partition coefficient (Wildman–Crippen LogP) is 2.23. The summed E-state index contributed by atoms with van der Waals surface area (Å²) in [5, 5.41) is 4.19. The third-order valence-electron chi connectivity index (χ3n) is 2.94. The van der Waals surface area contributed by atoms with Crippen molar-refractivity contribution >= 4 is 11.5 Å². The molecule has 2 rings (SSSR count). The lowest BCUT2D eigenvalue weighted by Gasteiger charge is -2.17. The number of aryl methyl sites for hydroxylation is 1. The third-order valence-corrected chi connectivity index (χ3v) is 3.77. The van der Waals surface area contributed by atoms with E-state index in [-0.39, 0.29) is 12.1 Å². The van der Waals surface area contributed by atoms with Gasteiger partial charge < -0.3 is 4.74 Å². The number of nitrogens with two attached hydrogens (primary N) is 1. The summed E-state index contributed by atoms with van der Waals surface area (Å²) in [6.45, 7) is 6.09. The zero-order chi connectivity index (χ0) is 15.2. The van der Waals surface area contributed by atoms with Crippen LogP contribution in [0.4, 0.5) is 0 Å². The normalized spacial score (nSPS) is 12.6. The fraction of sp³-hybridized carbons (Fsp3) is 0.500. The van der Waals surface area contributed by atoms with E-state index < -0.39 is 0 Å². The van der Waals surface area contributed by atoms with Crippen LogP contribution in [0.15, 0.2) is 18.5 Å². The molecular formula is C14H21N5OS. The van der Waals surface area contributed by atoms with Gasteiger partial charge in [0.1, 0.15) is 5.75 Å². The first-order valence-electron chi connectivity index (χ1n) is 7.04. The lowest BCUT2D eigenvalue weighted by atomic mass is 10.1. The van der Waals surface area contributed by atoms with Gasteiger partial charge in [-0.2, -0.15) is 0 Å². The molecule has 0 aliphatic heterocycles. The molecule has 0 bridgehead atoms. The summed E-state index contributed by atoms with van der Waals surface area (Å²) < 4.78 is 9.74. The van der Waals surface area contributed by atoms with Gasteiger partial charge in [0.15, 0.2) is 0 Å². The molecule has 0 aliphatic rings. The Hall–Kier alpha value is -1.57. The molecule has 0 saturated heterocycles. The number of hydrazine groups is 1. The Labute approximate surface area is 128 Å². The molecule has 3 N–H and O–H groups in total. The highest BCUT2D eigenvalue weighted by Crippen LogP contribution is 2.28. The fourth-order valence-electron chi connectivity index (χ4n) is 2.10. The van der Waals surface area contributed by atoms with Crippen molar-refractivity contribution in [1.82, 2.24) is 20.0 Å². The van der Waals surface area contributed by atoms with E-state index in [0.29, 0.717) is 0 Å². The Kier molecular flexibility index (Phi) is 5.60. The average Bonchev–Trinajstić information content (AvgIpc) is 2.88. The predicted molar refractivity (Wildman–Crippen MR) is 83.1 cm³/mol. The molecule has 1 unspecified atom stereocenters. The number of hydrogen-bond donors (Lipinski definition) is 2. The number of ether oxygens (including phenoxy) is 1. The van der Waals surface area contributed by atoms with E-state index in [9.17, 15) is 0 Å². The minimum absolute atomic E-state index is 0.104. The van der Waals surface area contributed by atoms with Crippen LogP contribution in [0.25, 0.3) is 0 Å². The molecule has 0 aliphatic carbocycles. The molecule has 1 atom stereocenters. The molecule has 0 radical (unpaired) electrons. The fourth-order valence-corrected chi connectivity index (χ4v) is 2.88. The van der Waals surface area contributed by atoms with Crippen molar-refractivity contribution in [1.29, 1.82) is 0 Å². The molecular weight excluding hydrogens is 286 g/mol. The zero-order valence-corrected chi connectivity index (χ0v) is 13.4. The lowest BCUT2D eigenvalue weighted by Crippen LogP contribution is -2.29. The number of nitrogens with zero attached hydrogens (tertiary/aromatic N) is 3. The number of pyridine rings is 1. The van der Waals surface area contributed by atoms with Gasteiger partial charge in [-0.05, 0) is 43.4 Å². The highest BCUT2D eigenvalue weighted by atomic mass is 32.1. The minimum Gasteiger partial charge on any atom is -0.489 e. The number of rotatable bonds is 7. The molecule has 0 aromatic carbocycles. The maximum atomic E-state index is 5.74. The summed E-state index contributed by atoms with van der Waals surface area (Å²) in [5.41, 5.74) is 4.77.